The fraction of sp³-hybridized carbons (Fsp3) is 0.167. The van der Waals surface area contributed by atoms with Gasteiger partial charge in [-0.3, -0.25) is 9.78 Å². The van der Waals surface area contributed by atoms with Crippen LogP contribution in [0.3, 0.4) is 0 Å². The molecule has 0 unspecified atom stereocenters. The third-order valence-corrected chi connectivity index (χ3v) is 2.55. The van der Waals surface area contributed by atoms with Crippen molar-refractivity contribution in [2.45, 2.75) is 6.54 Å². The summed E-state index contributed by atoms with van der Waals surface area (Å²) < 4.78 is 0. The number of pyridine rings is 1. The molecule has 0 aliphatic heterocycles. The first-order valence-electron chi connectivity index (χ1n) is 5.65. The molecule has 19 heavy (non-hydrogen) atoms. The molecule has 0 fully saturated rings. The lowest BCUT2D eigenvalue weighted by Gasteiger charge is -2.16. The van der Waals surface area contributed by atoms with E-state index in [9.17, 15) is 4.79 Å². The summed E-state index contributed by atoms with van der Waals surface area (Å²) in [5.74, 6) is 5.39. The van der Waals surface area contributed by atoms with Crippen LogP contribution in [-0.2, 0) is 6.54 Å². The van der Waals surface area contributed by atoms with Crippen molar-refractivity contribution in [2.75, 3.05) is 12.5 Å². The van der Waals surface area contributed by atoms with Gasteiger partial charge < -0.3 is 10.3 Å². The number of hydrogen-bond acceptors (Lipinski definition) is 6. The van der Waals surface area contributed by atoms with E-state index in [1.54, 1.807) is 36.5 Å². The van der Waals surface area contributed by atoms with E-state index < -0.39 is 0 Å². The fourth-order valence-electron chi connectivity index (χ4n) is 1.55. The number of anilines is 1. The standard InChI is InChI=1S/C12H14N6O/c1-18(8-9-4-6-14-7-5-9)12(19)10-2-3-11(15-13)17-16-10/h2-7H,8,13H2,1H3,(H,15,17). The number of carbonyl (C=O) groups is 1. The number of rotatable bonds is 4. The van der Waals surface area contributed by atoms with E-state index in [0.717, 1.165) is 5.56 Å². The average Bonchev–Trinajstić information content (AvgIpc) is 2.47. The summed E-state index contributed by atoms with van der Waals surface area (Å²) in [6, 6.07) is 6.89. The quantitative estimate of drug-likeness (QED) is 0.609. The van der Waals surface area contributed by atoms with Crippen molar-refractivity contribution in [2.24, 2.45) is 5.84 Å². The summed E-state index contributed by atoms with van der Waals surface area (Å²) in [5.41, 5.74) is 3.63. The molecule has 3 N–H and O–H groups in total. The molecule has 7 heteroatoms. The van der Waals surface area contributed by atoms with Crippen molar-refractivity contribution >= 4 is 11.7 Å². The molecule has 2 rings (SSSR count). The molecule has 2 aromatic rings. The monoisotopic (exact) mass is 258 g/mol. The average molecular weight is 258 g/mol. The lowest BCUT2D eigenvalue weighted by atomic mass is 10.2. The molecule has 0 bridgehead atoms. The molecule has 0 radical (unpaired) electrons. The lowest BCUT2D eigenvalue weighted by Crippen LogP contribution is -2.27. The van der Waals surface area contributed by atoms with Crippen LogP contribution < -0.4 is 11.3 Å². The van der Waals surface area contributed by atoms with Crippen molar-refractivity contribution in [3.63, 3.8) is 0 Å². The Labute approximate surface area is 110 Å². The third kappa shape index (κ3) is 3.23. The van der Waals surface area contributed by atoms with Gasteiger partial charge >= 0.3 is 0 Å². The van der Waals surface area contributed by atoms with E-state index in [4.69, 9.17) is 5.84 Å². The Morgan fingerprint density at radius 3 is 2.58 bits per heavy atom. The second-order valence-corrected chi connectivity index (χ2v) is 3.96. The van der Waals surface area contributed by atoms with Gasteiger partial charge in [0, 0.05) is 26.0 Å². The smallest absolute Gasteiger partial charge is 0.274 e. The summed E-state index contributed by atoms with van der Waals surface area (Å²) in [4.78, 5) is 17.6. The van der Waals surface area contributed by atoms with Gasteiger partial charge in [0.2, 0.25) is 0 Å². The molecule has 0 saturated carbocycles. The highest BCUT2D eigenvalue weighted by Crippen LogP contribution is 2.06. The highest BCUT2D eigenvalue weighted by Gasteiger charge is 2.13. The maximum atomic E-state index is 12.1. The summed E-state index contributed by atoms with van der Waals surface area (Å²) in [6.07, 6.45) is 3.38. The number of aromatic nitrogens is 3. The van der Waals surface area contributed by atoms with E-state index in [2.05, 4.69) is 20.6 Å². The van der Waals surface area contributed by atoms with Crippen LogP contribution in [0.5, 0.6) is 0 Å². The minimum atomic E-state index is -0.201. The Bertz CT molecular complexity index is 542. The van der Waals surface area contributed by atoms with Crippen LogP contribution in [0, 0.1) is 0 Å². The van der Waals surface area contributed by atoms with Crippen molar-refractivity contribution in [1.29, 1.82) is 0 Å². The van der Waals surface area contributed by atoms with Gasteiger partial charge in [-0.15, -0.1) is 10.2 Å². The topological polar surface area (TPSA) is 97.0 Å². The molecule has 0 aliphatic rings. The molecule has 0 spiro atoms. The predicted octanol–water partition coefficient (Wildman–Crippen LogP) is 0.429. The third-order valence-electron chi connectivity index (χ3n) is 2.55. The fourth-order valence-corrected chi connectivity index (χ4v) is 1.55. The zero-order chi connectivity index (χ0) is 13.7. The van der Waals surface area contributed by atoms with Gasteiger partial charge in [0.05, 0.1) is 0 Å². The number of carbonyl (C=O) groups excluding carboxylic acids is 1. The Hall–Kier alpha value is -2.54. The van der Waals surface area contributed by atoms with E-state index >= 15 is 0 Å². The number of nitrogen functional groups attached to an aromatic ring is 1. The summed E-state index contributed by atoms with van der Waals surface area (Å²) in [6.45, 7) is 0.486. The highest BCUT2D eigenvalue weighted by atomic mass is 16.2. The van der Waals surface area contributed by atoms with Gasteiger partial charge in [0.15, 0.2) is 11.5 Å². The minimum absolute atomic E-state index is 0.201. The Kier molecular flexibility index (Phi) is 3.99. The number of hydrogen-bond donors (Lipinski definition) is 2. The van der Waals surface area contributed by atoms with Gasteiger partial charge in [-0.05, 0) is 29.8 Å². The maximum absolute atomic E-state index is 12.1. The van der Waals surface area contributed by atoms with Crippen LogP contribution in [0.4, 0.5) is 5.82 Å². The van der Waals surface area contributed by atoms with Crippen molar-refractivity contribution in [3.8, 4) is 0 Å². The maximum Gasteiger partial charge on any atom is 0.274 e. The van der Waals surface area contributed by atoms with Crippen LogP contribution in [-0.4, -0.2) is 33.0 Å². The van der Waals surface area contributed by atoms with Crippen LogP contribution in [0.1, 0.15) is 16.1 Å². The molecule has 0 aromatic carbocycles. The van der Waals surface area contributed by atoms with E-state index in [1.807, 2.05) is 12.1 Å². The van der Waals surface area contributed by atoms with E-state index in [1.165, 1.54) is 0 Å². The zero-order valence-corrected chi connectivity index (χ0v) is 10.4. The second-order valence-electron chi connectivity index (χ2n) is 3.96. The van der Waals surface area contributed by atoms with Crippen LogP contribution in [0.2, 0.25) is 0 Å². The Balaban J connectivity index is 2.06. The van der Waals surface area contributed by atoms with Crippen molar-refractivity contribution < 1.29 is 4.79 Å². The van der Waals surface area contributed by atoms with Gasteiger partial charge in [0.25, 0.3) is 5.91 Å². The number of nitrogens with two attached hydrogens (primary N) is 1. The highest BCUT2D eigenvalue weighted by molar-refractivity contribution is 5.92. The number of nitrogens with one attached hydrogen (secondary N) is 1. The second kappa shape index (κ2) is 5.87. The van der Waals surface area contributed by atoms with Gasteiger partial charge in [-0.1, -0.05) is 0 Å². The number of nitrogens with zero attached hydrogens (tertiary/aromatic N) is 4. The van der Waals surface area contributed by atoms with Crippen LogP contribution >= 0.6 is 0 Å². The van der Waals surface area contributed by atoms with Gasteiger partial charge in [-0.25, -0.2) is 5.84 Å². The van der Waals surface area contributed by atoms with Crippen molar-refractivity contribution in [1.82, 2.24) is 20.1 Å². The summed E-state index contributed by atoms with van der Waals surface area (Å²) >= 11 is 0. The normalized spacial score (nSPS) is 10.0. The molecule has 1 amide bonds. The predicted molar refractivity (Wildman–Crippen MR) is 69.9 cm³/mol. The first-order valence-corrected chi connectivity index (χ1v) is 5.65. The minimum Gasteiger partial charge on any atom is -0.336 e. The zero-order valence-electron chi connectivity index (χ0n) is 10.4. The first-order chi connectivity index (χ1) is 9.20. The SMILES string of the molecule is CN(Cc1ccncc1)C(=O)c1ccc(NN)nn1. The van der Waals surface area contributed by atoms with Gasteiger partial charge in [-0.2, -0.15) is 0 Å². The molecule has 7 nitrogen and oxygen atoms in total. The Morgan fingerprint density at radius 1 is 1.26 bits per heavy atom. The molecule has 0 saturated heterocycles. The molecule has 98 valence electrons. The van der Waals surface area contributed by atoms with Crippen molar-refractivity contribution in [3.05, 3.63) is 47.9 Å². The molecule has 2 aromatic heterocycles. The Morgan fingerprint density at radius 2 is 2.00 bits per heavy atom. The summed E-state index contributed by atoms with van der Waals surface area (Å²) in [7, 11) is 1.71. The molecular formula is C12H14N6O. The largest absolute Gasteiger partial charge is 0.336 e. The molecular weight excluding hydrogens is 244 g/mol. The van der Waals surface area contributed by atoms with Gasteiger partial charge in [0.1, 0.15) is 0 Å². The van der Waals surface area contributed by atoms with E-state index in [0.29, 0.717) is 12.4 Å². The number of hydrazine groups is 1. The molecule has 2 heterocycles. The van der Waals surface area contributed by atoms with Crippen LogP contribution in [0.15, 0.2) is 36.7 Å². The summed E-state index contributed by atoms with van der Waals surface area (Å²) in [5, 5.41) is 7.58. The molecule has 0 atom stereocenters. The lowest BCUT2D eigenvalue weighted by molar-refractivity contribution is 0.0778. The van der Waals surface area contributed by atoms with E-state index in [-0.39, 0.29) is 11.6 Å². The molecule has 0 aliphatic carbocycles. The first kappa shape index (κ1) is 12.9. The number of amides is 1. The van der Waals surface area contributed by atoms with Crippen LogP contribution in [0.25, 0.3) is 0 Å².